The molecule has 0 aromatic carbocycles. The summed E-state index contributed by atoms with van der Waals surface area (Å²) in [6.07, 6.45) is 1.94. The standard InChI is InChI=1S/C31H53N5O5/c1-10-21(8)28(30(40)33-17-23-13-11-12-14-32-23)36-29(39)24(19(4)5)16-26(38)25(15-18(2)3)35-31(41)27(20(6)7)34-22(9)37/h11-14,18-21,24-28,38H,10,15-17H2,1-9H3,(H,33,40)(H,34,37)(H,35,41)(H,36,39)/t21-,24-,25-,26-,27-,28-/m0/s1. The van der Waals surface area contributed by atoms with Crippen molar-refractivity contribution < 1.29 is 24.3 Å². The van der Waals surface area contributed by atoms with Gasteiger partial charge in [0.25, 0.3) is 0 Å². The molecule has 1 heterocycles. The van der Waals surface area contributed by atoms with Gasteiger partial charge in [-0.25, -0.2) is 0 Å². The third-order valence-electron chi connectivity index (χ3n) is 7.43. The molecular weight excluding hydrogens is 522 g/mol. The lowest BCUT2D eigenvalue weighted by atomic mass is 9.84. The number of aromatic nitrogens is 1. The molecule has 0 aliphatic carbocycles. The fraction of sp³-hybridized carbons (Fsp3) is 0.710. The zero-order valence-corrected chi connectivity index (χ0v) is 26.4. The topological polar surface area (TPSA) is 150 Å². The number of nitrogens with zero attached hydrogens (tertiary/aromatic N) is 1. The number of rotatable bonds is 17. The van der Waals surface area contributed by atoms with Crippen LogP contribution in [0, 0.1) is 29.6 Å². The lowest BCUT2D eigenvalue weighted by Gasteiger charge is -2.32. The van der Waals surface area contributed by atoms with E-state index in [0.29, 0.717) is 12.8 Å². The summed E-state index contributed by atoms with van der Waals surface area (Å²) in [5.41, 5.74) is 0.717. The Bertz CT molecular complexity index is 969. The highest BCUT2D eigenvalue weighted by Crippen LogP contribution is 2.23. The summed E-state index contributed by atoms with van der Waals surface area (Å²) < 4.78 is 0. The van der Waals surface area contributed by atoms with Gasteiger partial charge in [0.05, 0.1) is 24.4 Å². The normalized spacial score (nSPS) is 15.9. The van der Waals surface area contributed by atoms with E-state index in [1.165, 1.54) is 6.92 Å². The van der Waals surface area contributed by atoms with Crippen molar-refractivity contribution >= 4 is 23.6 Å². The molecule has 0 unspecified atom stereocenters. The van der Waals surface area contributed by atoms with Gasteiger partial charge in [-0.3, -0.25) is 24.2 Å². The van der Waals surface area contributed by atoms with Gasteiger partial charge in [-0.1, -0.05) is 67.9 Å². The fourth-order valence-corrected chi connectivity index (χ4v) is 4.71. The summed E-state index contributed by atoms with van der Waals surface area (Å²) in [5, 5.41) is 22.8. The highest BCUT2D eigenvalue weighted by atomic mass is 16.3. The first-order valence-corrected chi connectivity index (χ1v) is 14.9. The Morgan fingerprint density at radius 1 is 0.829 bits per heavy atom. The summed E-state index contributed by atoms with van der Waals surface area (Å²) in [6, 6.07) is 3.37. The second-order valence-electron chi connectivity index (χ2n) is 12.2. The molecule has 0 aliphatic rings. The van der Waals surface area contributed by atoms with Crippen molar-refractivity contribution in [1.82, 2.24) is 26.3 Å². The monoisotopic (exact) mass is 575 g/mol. The van der Waals surface area contributed by atoms with Gasteiger partial charge in [0.15, 0.2) is 0 Å². The second kappa shape index (κ2) is 17.7. The van der Waals surface area contributed by atoms with Crippen LogP contribution in [0.25, 0.3) is 0 Å². The summed E-state index contributed by atoms with van der Waals surface area (Å²) in [7, 11) is 0. The van der Waals surface area contributed by atoms with Crippen LogP contribution >= 0.6 is 0 Å². The number of carbonyl (C=O) groups is 4. The van der Waals surface area contributed by atoms with E-state index in [4.69, 9.17) is 0 Å². The van der Waals surface area contributed by atoms with Crippen LogP contribution in [0.5, 0.6) is 0 Å². The van der Waals surface area contributed by atoms with Gasteiger partial charge in [0.1, 0.15) is 12.1 Å². The van der Waals surface area contributed by atoms with E-state index in [2.05, 4.69) is 26.3 Å². The summed E-state index contributed by atoms with van der Waals surface area (Å²) >= 11 is 0. The number of aliphatic hydroxyl groups is 1. The molecule has 4 amide bonds. The number of carbonyl (C=O) groups excluding carboxylic acids is 4. The minimum absolute atomic E-state index is 0.108. The summed E-state index contributed by atoms with van der Waals surface area (Å²) in [4.78, 5) is 55.7. The minimum atomic E-state index is -1.01. The first-order chi connectivity index (χ1) is 19.2. The number of pyridine rings is 1. The van der Waals surface area contributed by atoms with Crippen molar-refractivity contribution in [3.05, 3.63) is 30.1 Å². The Morgan fingerprint density at radius 3 is 1.98 bits per heavy atom. The first-order valence-electron chi connectivity index (χ1n) is 14.9. The maximum absolute atomic E-state index is 13.6. The van der Waals surface area contributed by atoms with Crippen LogP contribution < -0.4 is 21.3 Å². The lowest BCUT2D eigenvalue weighted by molar-refractivity contribution is -0.134. The molecule has 10 heteroatoms. The number of nitrogens with one attached hydrogen (secondary N) is 4. The van der Waals surface area contributed by atoms with Crippen LogP contribution in [0.3, 0.4) is 0 Å². The summed E-state index contributed by atoms with van der Waals surface area (Å²) in [5.74, 6) is -2.10. The van der Waals surface area contributed by atoms with Gasteiger partial charge < -0.3 is 26.4 Å². The van der Waals surface area contributed by atoms with Crippen molar-refractivity contribution in [2.45, 2.75) is 112 Å². The van der Waals surface area contributed by atoms with Crippen molar-refractivity contribution in [2.24, 2.45) is 29.6 Å². The van der Waals surface area contributed by atoms with Gasteiger partial charge >= 0.3 is 0 Å². The molecule has 41 heavy (non-hydrogen) atoms. The number of hydrogen-bond donors (Lipinski definition) is 5. The predicted octanol–water partition coefficient (Wildman–Crippen LogP) is 2.94. The largest absolute Gasteiger partial charge is 0.391 e. The molecule has 0 spiro atoms. The first kappa shape index (κ1) is 36.0. The fourth-order valence-electron chi connectivity index (χ4n) is 4.71. The number of amides is 4. The molecular formula is C31H53N5O5. The molecule has 0 saturated heterocycles. The molecule has 232 valence electrons. The van der Waals surface area contributed by atoms with E-state index in [1.807, 2.05) is 67.5 Å². The molecule has 10 nitrogen and oxygen atoms in total. The Balaban J connectivity index is 3.05. The summed E-state index contributed by atoms with van der Waals surface area (Å²) in [6.45, 7) is 17.0. The van der Waals surface area contributed by atoms with E-state index < -0.39 is 30.1 Å². The molecule has 5 N–H and O–H groups in total. The zero-order valence-electron chi connectivity index (χ0n) is 26.4. The van der Waals surface area contributed by atoms with Crippen LogP contribution in [0.1, 0.15) is 87.3 Å². The predicted molar refractivity (Wildman–Crippen MR) is 160 cm³/mol. The molecule has 1 rings (SSSR count). The van der Waals surface area contributed by atoms with Crippen LogP contribution in [-0.4, -0.2) is 57.9 Å². The number of aliphatic hydroxyl groups excluding tert-OH is 1. The van der Waals surface area contributed by atoms with Crippen LogP contribution in [0.4, 0.5) is 0 Å². The van der Waals surface area contributed by atoms with E-state index in [1.54, 1.807) is 12.3 Å². The SMILES string of the molecule is CC[C@H](C)[C@H](NC(=O)[C@@H](C[C@H](O)[C@H](CC(C)C)NC(=O)[C@@H](NC(C)=O)C(C)C)C(C)C)C(=O)NCc1ccccn1. The van der Waals surface area contributed by atoms with Crippen LogP contribution in [0.2, 0.25) is 0 Å². The average Bonchev–Trinajstić information content (AvgIpc) is 2.90. The van der Waals surface area contributed by atoms with Gasteiger partial charge in [0.2, 0.25) is 23.6 Å². The van der Waals surface area contributed by atoms with E-state index >= 15 is 0 Å². The smallest absolute Gasteiger partial charge is 0.243 e. The lowest BCUT2D eigenvalue weighted by Crippen LogP contribution is -2.55. The molecule has 0 saturated carbocycles. The van der Waals surface area contributed by atoms with Crippen LogP contribution in [-0.2, 0) is 25.7 Å². The Kier molecular flexibility index (Phi) is 15.6. The molecule has 0 radical (unpaired) electrons. The Morgan fingerprint density at radius 2 is 1.49 bits per heavy atom. The zero-order chi connectivity index (χ0) is 31.3. The van der Waals surface area contributed by atoms with Gasteiger partial charge in [0, 0.05) is 19.0 Å². The molecule has 0 bridgehead atoms. The average molecular weight is 576 g/mol. The maximum Gasteiger partial charge on any atom is 0.243 e. The van der Waals surface area contributed by atoms with Crippen molar-refractivity contribution in [3.63, 3.8) is 0 Å². The molecule has 0 aliphatic heterocycles. The van der Waals surface area contributed by atoms with E-state index in [9.17, 15) is 24.3 Å². The van der Waals surface area contributed by atoms with Gasteiger partial charge in [-0.15, -0.1) is 0 Å². The molecule has 1 aromatic rings. The van der Waals surface area contributed by atoms with Crippen LogP contribution in [0.15, 0.2) is 24.4 Å². The van der Waals surface area contributed by atoms with Gasteiger partial charge in [-0.05, 0) is 48.6 Å². The Labute approximate surface area is 246 Å². The third-order valence-corrected chi connectivity index (χ3v) is 7.43. The Hall–Kier alpha value is -3.01. The quantitative estimate of drug-likeness (QED) is 0.193. The molecule has 0 fully saturated rings. The van der Waals surface area contributed by atoms with Gasteiger partial charge in [-0.2, -0.15) is 0 Å². The second-order valence-corrected chi connectivity index (χ2v) is 12.2. The third kappa shape index (κ3) is 12.6. The highest BCUT2D eigenvalue weighted by Gasteiger charge is 2.35. The number of hydrogen-bond acceptors (Lipinski definition) is 6. The molecule has 6 atom stereocenters. The minimum Gasteiger partial charge on any atom is -0.391 e. The van der Waals surface area contributed by atoms with Crippen molar-refractivity contribution in [1.29, 1.82) is 0 Å². The molecule has 1 aromatic heterocycles. The van der Waals surface area contributed by atoms with E-state index in [0.717, 1.165) is 5.69 Å². The maximum atomic E-state index is 13.6. The highest BCUT2D eigenvalue weighted by molar-refractivity contribution is 5.89. The van der Waals surface area contributed by atoms with Crippen molar-refractivity contribution in [2.75, 3.05) is 0 Å². The van der Waals surface area contributed by atoms with Crippen molar-refractivity contribution in [3.8, 4) is 0 Å². The van der Waals surface area contributed by atoms with E-state index in [-0.39, 0.29) is 60.3 Å².